The van der Waals surface area contributed by atoms with Crippen molar-refractivity contribution >= 4 is 34.1 Å². The Morgan fingerprint density at radius 1 is 0.444 bits per heavy atom. The maximum Gasteiger partial charge on any atom is 0.0461 e. The van der Waals surface area contributed by atoms with Crippen LogP contribution < -0.4 is 9.80 Å². The number of hydrogen-bond donors (Lipinski definition) is 0. The largest absolute Gasteiger partial charge is 0.311 e. The summed E-state index contributed by atoms with van der Waals surface area (Å²) in [5, 5.41) is 0. The molecule has 272 valence electrons. The second-order valence-electron chi connectivity index (χ2n) is 16.8. The van der Waals surface area contributed by atoms with Gasteiger partial charge < -0.3 is 9.80 Å². The van der Waals surface area contributed by atoms with Gasteiger partial charge in [-0.25, -0.2) is 0 Å². The van der Waals surface area contributed by atoms with Crippen LogP contribution >= 0.6 is 0 Å². The van der Waals surface area contributed by atoms with E-state index in [1.54, 1.807) is 0 Å². The van der Waals surface area contributed by atoms with E-state index in [-0.39, 0.29) is 5.41 Å². The first-order valence-electron chi connectivity index (χ1n) is 20.6. The summed E-state index contributed by atoms with van der Waals surface area (Å²) in [7, 11) is 0. The Hall–Kier alpha value is -5.08. The number of hydrogen-bond acceptors (Lipinski definition) is 2. The quantitative estimate of drug-likeness (QED) is 0.140. The molecule has 3 atom stereocenters. The number of nitrogens with zero attached hydrogens (tertiary/aromatic N) is 2. The Morgan fingerprint density at radius 2 is 0.852 bits per heavy atom. The van der Waals surface area contributed by atoms with E-state index in [0.717, 1.165) is 23.7 Å². The molecule has 3 fully saturated rings. The van der Waals surface area contributed by atoms with E-state index in [4.69, 9.17) is 0 Å². The lowest BCUT2D eigenvalue weighted by Gasteiger charge is -2.43. The highest BCUT2D eigenvalue weighted by molar-refractivity contribution is 5.78. The molecule has 9 rings (SSSR count). The van der Waals surface area contributed by atoms with Crippen molar-refractivity contribution in [2.75, 3.05) is 9.80 Å². The van der Waals surface area contributed by atoms with E-state index in [9.17, 15) is 0 Å². The van der Waals surface area contributed by atoms with E-state index in [1.807, 2.05) is 0 Å². The first-order chi connectivity index (χ1) is 26.6. The van der Waals surface area contributed by atoms with Gasteiger partial charge in [0.2, 0.25) is 0 Å². The number of para-hydroxylation sites is 3. The molecule has 0 N–H and O–H groups in total. The molecule has 0 spiro atoms. The van der Waals surface area contributed by atoms with Crippen molar-refractivity contribution in [1.82, 2.24) is 0 Å². The summed E-state index contributed by atoms with van der Waals surface area (Å²) < 4.78 is 0. The molecule has 0 radical (unpaired) electrons. The van der Waals surface area contributed by atoms with Crippen molar-refractivity contribution in [2.24, 2.45) is 23.7 Å². The molecule has 3 aliphatic rings. The van der Waals surface area contributed by atoms with Gasteiger partial charge in [-0.15, -0.1) is 0 Å². The minimum Gasteiger partial charge on any atom is -0.311 e. The normalized spacial score (nSPS) is 23.4. The molecule has 3 unspecified atom stereocenters. The molecule has 54 heavy (non-hydrogen) atoms. The number of rotatable bonds is 10. The Morgan fingerprint density at radius 3 is 1.22 bits per heavy atom. The summed E-state index contributed by atoms with van der Waals surface area (Å²) in [4.78, 5) is 4.80. The van der Waals surface area contributed by atoms with E-state index >= 15 is 0 Å². The van der Waals surface area contributed by atoms with Crippen LogP contribution in [0.15, 0.2) is 164 Å². The van der Waals surface area contributed by atoms with Crippen molar-refractivity contribution in [3.63, 3.8) is 0 Å². The summed E-state index contributed by atoms with van der Waals surface area (Å²) in [6.45, 7) is 4.82. The molecule has 2 heteroatoms. The van der Waals surface area contributed by atoms with Gasteiger partial charge in [0.25, 0.3) is 0 Å². The highest BCUT2D eigenvalue weighted by Gasteiger charge is 2.41. The van der Waals surface area contributed by atoms with Crippen LogP contribution in [0.2, 0.25) is 0 Å². The van der Waals surface area contributed by atoms with E-state index in [0.29, 0.717) is 5.92 Å². The minimum atomic E-state index is -0.0212. The van der Waals surface area contributed by atoms with Gasteiger partial charge >= 0.3 is 0 Å². The van der Waals surface area contributed by atoms with Crippen LogP contribution in [0.3, 0.4) is 0 Å². The van der Waals surface area contributed by atoms with Gasteiger partial charge in [-0.1, -0.05) is 111 Å². The number of benzene rings is 6. The lowest BCUT2D eigenvalue weighted by Crippen LogP contribution is -2.34. The summed E-state index contributed by atoms with van der Waals surface area (Å²) in [5.41, 5.74) is 11.5. The molecule has 3 aliphatic carbocycles. The van der Waals surface area contributed by atoms with Gasteiger partial charge in [-0.05, 0) is 164 Å². The fourth-order valence-electron chi connectivity index (χ4n) is 10.6. The summed E-state index contributed by atoms with van der Waals surface area (Å²) in [6, 6.07) is 61.1. The van der Waals surface area contributed by atoms with E-state index in [2.05, 4.69) is 187 Å². The van der Waals surface area contributed by atoms with Gasteiger partial charge in [0.15, 0.2) is 0 Å². The molecule has 2 bridgehead atoms. The first kappa shape index (κ1) is 34.7. The van der Waals surface area contributed by atoms with Crippen molar-refractivity contribution in [2.45, 2.75) is 76.5 Å². The predicted octanol–water partition coefficient (Wildman–Crippen LogP) is 14.7. The number of anilines is 6. The molecular formula is C52H54N2. The van der Waals surface area contributed by atoms with Crippen LogP contribution in [-0.2, 0) is 5.41 Å². The Balaban J connectivity index is 1.05. The third kappa shape index (κ3) is 6.66. The monoisotopic (exact) mass is 706 g/mol. The first-order valence-corrected chi connectivity index (χ1v) is 20.6. The molecule has 0 saturated heterocycles. The van der Waals surface area contributed by atoms with Gasteiger partial charge in [-0.2, -0.15) is 0 Å². The van der Waals surface area contributed by atoms with Crippen molar-refractivity contribution < 1.29 is 0 Å². The average molecular weight is 707 g/mol. The standard InChI is InChI=1S/C52H54N2/c1-38(2)40-32-34-52(35-33-40,43-22-28-49(29-23-43)53(45-12-6-3-7-13-45)46-14-8-4-9-15-46)44-24-30-50(31-25-44)54(47-16-10-5-11-17-47)48-26-20-41(21-27-48)51-37-39-18-19-42(51)36-39/h3-17,20-31,38-40,42,51H,18-19,32-37H2,1-2H3. The summed E-state index contributed by atoms with van der Waals surface area (Å²) >= 11 is 0. The molecule has 0 aliphatic heterocycles. The molecule has 6 aromatic carbocycles. The third-order valence-electron chi connectivity index (χ3n) is 13.5. The molecule has 0 heterocycles. The highest BCUT2D eigenvalue weighted by atomic mass is 15.1. The zero-order chi connectivity index (χ0) is 36.5. The van der Waals surface area contributed by atoms with Crippen LogP contribution in [0.1, 0.15) is 87.8 Å². The molecule has 6 aromatic rings. The smallest absolute Gasteiger partial charge is 0.0461 e. The van der Waals surface area contributed by atoms with Gasteiger partial charge in [0, 0.05) is 39.5 Å². The Kier molecular flexibility index (Phi) is 9.62. The Labute approximate surface area is 323 Å². The zero-order valence-electron chi connectivity index (χ0n) is 32.0. The van der Waals surface area contributed by atoms with Gasteiger partial charge in [0.05, 0.1) is 0 Å². The van der Waals surface area contributed by atoms with Crippen molar-refractivity contribution in [3.8, 4) is 0 Å². The predicted molar refractivity (Wildman–Crippen MR) is 228 cm³/mol. The maximum absolute atomic E-state index is 2.44. The fraction of sp³-hybridized carbons (Fsp3) is 0.308. The zero-order valence-corrected chi connectivity index (χ0v) is 32.0. The van der Waals surface area contributed by atoms with Crippen LogP contribution in [0.5, 0.6) is 0 Å². The lowest BCUT2D eigenvalue weighted by atomic mass is 9.61. The van der Waals surface area contributed by atoms with Gasteiger partial charge in [0.1, 0.15) is 0 Å². The third-order valence-corrected chi connectivity index (χ3v) is 13.5. The van der Waals surface area contributed by atoms with Crippen LogP contribution in [-0.4, -0.2) is 0 Å². The van der Waals surface area contributed by atoms with E-state index < -0.39 is 0 Å². The topological polar surface area (TPSA) is 6.48 Å². The SMILES string of the molecule is CC(C)C1CCC(c2ccc(N(c3ccccc3)c3ccccc3)cc2)(c2ccc(N(c3ccccc3)c3ccc(C4CC5CCC4C5)cc3)cc2)CC1. The highest BCUT2D eigenvalue weighted by Crippen LogP contribution is 2.53. The van der Waals surface area contributed by atoms with E-state index in [1.165, 1.54) is 102 Å². The molecule has 3 saturated carbocycles. The van der Waals surface area contributed by atoms with Crippen molar-refractivity contribution in [1.29, 1.82) is 0 Å². The van der Waals surface area contributed by atoms with Gasteiger partial charge in [-0.3, -0.25) is 0 Å². The minimum absolute atomic E-state index is 0.0212. The molecule has 0 amide bonds. The second-order valence-corrected chi connectivity index (χ2v) is 16.8. The second kappa shape index (κ2) is 15.0. The van der Waals surface area contributed by atoms with Crippen molar-refractivity contribution in [3.05, 3.63) is 180 Å². The van der Waals surface area contributed by atoms with Crippen LogP contribution in [0.25, 0.3) is 0 Å². The fourth-order valence-corrected chi connectivity index (χ4v) is 10.6. The maximum atomic E-state index is 2.44. The molecule has 0 aromatic heterocycles. The molecular weight excluding hydrogens is 653 g/mol. The number of fused-ring (bicyclic) bond motifs is 2. The summed E-state index contributed by atoms with van der Waals surface area (Å²) in [5.74, 6) is 4.09. The summed E-state index contributed by atoms with van der Waals surface area (Å²) in [6.07, 6.45) is 10.5. The van der Waals surface area contributed by atoms with Crippen LogP contribution in [0.4, 0.5) is 34.1 Å². The Bertz CT molecular complexity index is 2060. The lowest BCUT2D eigenvalue weighted by molar-refractivity contribution is 0.217. The average Bonchev–Trinajstić information content (AvgIpc) is 3.88. The van der Waals surface area contributed by atoms with Crippen LogP contribution in [0, 0.1) is 23.7 Å². The molecule has 2 nitrogen and oxygen atoms in total.